The van der Waals surface area contributed by atoms with Crippen LogP contribution in [0.5, 0.6) is 0 Å². The lowest BCUT2D eigenvalue weighted by atomic mass is 10.2. The average molecular weight is 317 g/mol. The Morgan fingerprint density at radius 1 is 1.56 bits per heavy atom. The van der Waals surface area contributed by atoms with Crippen LogP contribution in [-0.4, -0.2) is 34.6 Å². The van der Waals surface area contributed by atoms with E-state index >= 15 is 0 Å². The van der Waals surface area contributed by atoms with E-state index in [1.807, 2.05) is 7.05 Å². The van der Waals surface area contributed by atoms with E-state index in [0.29, 0.717) is 13.0 Å². The predicted octanol–water partition coefficient (Wildman–Crippen LogP) is 2.56. The van der Waals surface area contributed by atoms with E-state index in [9.17, 15) is 15.2 Å². The summed E-state index contributed by atoms with van der Waals surface area (Å²) in [6, 6.07) is 4.77. The van der Waals surface area contributed by atoms with Gasteiger partial charge in [-0.15, -0.1) is 0 Å². The van der Waals surface area contributed by atoms with Crippen LogP contribution in [-0.2, 0) is 6.54 Å². The highest BCUT2D eigenvalue weighted by atomic mass is 79.9. The van der Waals surface area contributed by atoms with Crippen molar-refractivity contribution in [2.45, 2.75) is 26.0 Å². The maximum Gasteiger partial charge on any atom is 0.270 e. The monoisotopic (exact) mass is 316 g/mol. The van der Waals surface area contributed by atoms with Gasteiger partial charge >= 0.3 is 0 Å². The summed E-state index contributed by atoms with van der Waals surface area (Å²) in [6.07, 6.45) is 0.397. The number of benzene rings is 1. The van der Waals surface area contributed by atoms with Crippen molar-refractivity contribution in [2.75, 3.05) is 13.6 Å². The molecular formula is C12H17BrN2O3. The second kappa shape index (κ2) is 6.82. The predicted molar refractivity (Wildman–Crippen MR) is 73.4 cm³/mol. The highest BCUT2D eigenvalue weighted by Crippen LogP contribution is 2.23. The minimum absolute atomic E-state index is 0.0808. The topological polar surface area (TPSA) is 66.6 Å². The Bertz CT molecular complexity index is 424. The Labute approximate surface area is 115 Å². The third-order valence-electron chi connectivity index (χ3n) is 2.62. The fourth-order valence-corrected chi connectivity index (χ4v) is 2.05. The summed E-state index contributed by atoms with van der Waals surface area (Å²) >= 11 is 3.34. The van der Waals surface area contributed by atoms with Gasteiger partial charge in [0.05, 0.1) is 11.0 Å². The van der Waals surface area contributed by atoms with E-state index in [2.05, 4.69) is 20.8 Å². The molecular weight excluding hydrogens is 300 g/mol. The van der Waals surface area contributed by atoms with Crippen LogP contribution >= 0.6 is 15.9 Å². The van der Waals surface area contributed by atoms with Crippen molar-refractivity contribution < 1.29 is 10.0 Å². The summed E-state index contributed by atoms with van der Waals surface area (Å²) in [6.45, 7) is 3.22. The van der Waals surface area contributed by atoms with Crippen LogP contribution in [0.15, 0.2) is 22.7 Å². The van der Waals surface area contributed by atoms with Crippen molar-refractivity contribution in [2.24, 2.45) is 0 Å². The molecule has 18 heavy (non-hydrogen) atoms. The van der Waals surface area contributed by atoms with E-state index < -0.39 is 4.92 Å². The van der Waals surface area contributed by atoms with Gasteiger partial charge in [-0.3, -0.25) is 10.1 Å². The first-order valence-corrected chi connectivity index (χ1v) is 6.49. The van der Waals surface area contributed by atoms with Gasteiger partial charge in [0.25, 0.3) is 5.69 Å². The zero-order chi connectivity index (χ0) is 13.7. The van der Waals surface area contributed by atoms with Gasteiger partial charge < -0.3 is 10.0 Å². The Morgan fingerprint density at radius 3 is 2.72 bits per heavy atom. The minimum atomic E-state index is -0.411. The SMILES string of the molecule is CC(O)CCN(C)Cc1ccc([N+](=O)[O-])cc1Br. The molecule has 0 aliphatic rings. The average Bonchev–Trinajstić information content (AvgIpc) is 2.29. The van der Waals surface area contributed by atoms with Crippen LogP contribution in [0.25, 0.3) is 0 Å². The quantitative estimate of drug-likeness (QED) is 0.647. The molecule has 0 bridgehead atoms. The Hall–Kier alpha value is -0.980. The number of non-ortho nitro benzene ring substituents is 1. The first-order chi connectivity index (χ1) is 8.40. The number of nitro benzene ring substituents is 1. The molecule has 0 fully saturated rings. The van der Waals surface area contributed by atoms with Gasteiger partial charge in [-0.1, -0.05) is 15.9 Å². The Morgan fingerprint density at radius 2 is 2.22 bits per heavy atom. The molecule has 100 valence electrons. The standard InChI is InChI=1S/C12H17BrN2O3/c1-9(16)5-6-14(2)8-10-3-4-11(15(17)18)7-12(10)13/h3-4,7,9,16H,5-6,8H2,1-2H3. The highest BCUT2D eigenvalue weighted by molar-refractivity contribution is 9.10. The fourth-order valence-electron chi connectivity index (χ4n) is 1.56. The zero-order valence-electron chi connectivity index (χ0n) is 10.5. The van der Waals surface area contributed by atoms with E-state index in [4.69, 9.17) is 0 Å². The molecule has 0 aromatic heterocycles. The van der Waals surface area contributed by atoms with Crippen LogP contribution in [0.2, 0.25) is 0 Å². The van der Waals surface area contributed by atoms with Crippen LogP contribution in [0.4, 0.5) is 5.69 Å². The number of aliphatic hydroxyl groups is 1. The number of nitrogens with zero attached hydrogens (tertiary/aromatic N) is 2. The molecule has 0 spiro atoms. The summed E-state index contributed by atoms with van der Waals surface area (Å²) in [5.74, 6) is 0. The van der Waals surface area contributed by atoms with Crippen molar-refractivity contribution in [3.8, 4) is 0 Å². The molecule has 6 heteroatoms. The van der Waals surface area contributed by atoms with Crippen molar-refractivity contribution >= 4 is 21.6 Å². The lowest BCUT2D eigenvalue weighted by Gasteiger charge is -2.18. The molecule has 0 aliphatic heterocycles. The van der Waals surface area contributed by atoms with Crippen molar-refractivity contribution in [3.05, 3.63) is 38.3 Å². The number of hydrogen-bond donors (Lipinski definition) is 1. The van der Waals surface area contributed by atoms with Crippen molar-refractivity contribution in [1.29, 1.82) is 0 Å². The van der Waals surface area contributed by atoms with E-state index in [1.54, 1.807) is 13.0 Å². The maximum absolute atomic E-state index is 10.6. The number of nitro groups is 1. The van der Waals surface area contributed by atoms with Crippen LogP contribution in [0, 0.1) is 10.1 Å². The smallest absolute Gasteiger partial charge is 0.270 e. The fraction of sp³-hybridized carbons (Fsp3) is 0.500. The van der Waals surface area contributed by atoms with E-state index in [1.165, 1.54) is 12.1 Å². The second-order valence-corrected chi connectivity index (χ2v) is 5.26. The van der Waals surface area contributed by atoms with Crippen molar-refractivity contribution in [1.82, 2.24) is 4.90 Å². The van der Waals surface area contributed by atoms with Gasteiger partial charge in [0.15, 0.2) is 0 Å². The second-order valence-electron chi connectivity index (χ2n) is 4.41. The number of aliphatic hydroxyl groups excluding tert-OH is 1. The largest absolute Gasteiger partial charge is 0.393 e. The first-order valence-electron chi connectivity index (χ1n) is 5.69. The van der Waals surface area contributed by atoms with Gasteiger partial charge in [-0.05, 0) is 32.0 Å². The lowest BCUT2D eigenvalue weighted by molar-refractivity contribution is -0.384. The summed E-state index contributed by atoms with van der Waals surface area (Å²) in [5.41, 5.74) is 1.07. The molecule has 0 radical (unpaired) electrons. The third-order valence-corrected chi connectivity index (χ3v) is 3.35. The molecule has 1 N–H and O–H groups in total. The molecule has 0 amide bonds. The van der Waals surface area contributed by atoms with Crippen LogP contribution in [0.3, 0.4) is 0 Å². The minimum Gasteiger partial charge on any atom is -0.393 e. The third kappa shape index (κ3) is 4.72. The molecule has 0 heterocycles. The number of rotatable bonds is 6. The Balaban J connectivity index is 2.64. The van der Waals surface area contributed by atoms with Gasteiger partial charge in [0.2, 0.25) is 0 Å². The Kier molecular flexibility index (Phi) is 5.71. The van der Waals surface area contributed by atoms with E-state index in [-0.39, 0.29) is 11.8 Å². The first kappa shape index (κ1) is 15.1. The number of hydrogen-bond acceptors (Lipinski definition) is 4. The molecule has 1 atom stereocenters. The molecule has 0 saturated carbocycles. The maximum atomic E-state index is 10.6. The normalized spacial score (nSPS) is 12.7. The van der Waals surface area contributed by atoms with Crippen LogP contribution < -0.4 is 0 Å². The van der Waals surface area contributed by atoms with E-state index in [0.717, 1.165) is 16.6 Å². The molecule has 5 nitrogen and oxygen atoms in total. The molecule has 0 saturated heterocycles. The summed E-state index contributed by atoms with van der Waals surface area (Å²) in [4.78, 5) is 12.3. The van der Waals surface area contributed by atoms with Crippen LogP contribution in [0.1, 0.15) is 18.9 Å². The lowest BCUT2D eigenvalue weighted by Crippen LogP contribution is -2.22. The molecule has 1 aromatic carbocycles. The molecule has 1 aromatic rings. The molecule has 1 rings (SSSR count). The van der Waals surface area contributed by atoms with Gasteiger partial charge in [-0.2, -0.15) is 0 Å². The van der Waals surface area contributed by atoms with Gasteiger partial charge in [0.1, 0.15) is 0 Å². The summed E-state index contributed by atoms with van der Waals surface area (Å²) in [7, 11) is 1.95. The van der Waals surface area contributed by atoms with Gasteiger partial charge in [0, 0.05) is 29.7 Å². The summed E-state index contributed by atoms with van der Waals surface area (Å²) < 4.78 is 0.737. The highest BCUT2D eigenvalue weighted by Gasteiger charge is 2.10. The number of halogens is 1. The molecule has 0 aliphatic carbocycles. The van der Waals surface area contributed by atoms with Gasteiger partial charge in [-0.25, -0.2) is 0 Å². The van der Waals surface area contributed by atoms with Crippen molar-refractivity contribution in [3.63, 3.8) is 0 Å². The zero-order valence-corrected chi connectivity index (χ0v) is 12.1. The summed E-state index contributed by atoms with van der Waals surface area (Å²) in [5, 5.41) is 19.8. The molecule has 1 unspecified atom stereocenters.